The van der Waals surface area contributed by atoms with Crippen LogP contribution in [-0.4, -0.2) is 25.0 Å². The highest BCUT2D eigenvalue weighted by Crippen LogP contribution is 2.43. The minimum Gasteiger partial charge on any atom is -0.496 e. The summed E-state index contributed by atoms with van der Waals surface area (Å²) in [4.78, 5) is 28.2. The zero-order chi connectivity index (χ0) is 21.7. The van der Waals surface area contributed by atoms with Crippen LogP contribution in [0.5, 0.6) is 5.75 Å². The van der Waals surface area contributed by atoms with Gasteiger partial charge in [0.05, 0.1) is 19.1 Å². The van der Waals surface area contributed by atoms with E-state index in [1.54, 1.807) is 12.0 Å². The van der Waals surface area contributed by atoms with Gasteiger partial charge in [-0.3, -0.25) is 9.59 Å². The number of anilines is 1. The quantitative estimate of drug-likeness (QED) is 0.716. The molecule has 0 aromatic heterocycles. The summed E-state index contributed by atoms with van der Waals surface area (Å²) in [5, 5.41) is 3.17. The fourth-order valence-corrected chi connectivity index (χ4v) is 4.30. The molecule has 1 saturated heterocycles. The molecule has 3 unspecified atom stereocenters. The Morgan fingerprint density at radius 2 is 1.90 bits per heavy atom. The molecule has 1 aliphatic heterocycles. The molecule has 1 heterocycles. The van der Waals surface area contributed by atoms with Crippen molar-refractivity contribution >= 4 is 17.5 Å². The molecule has 2 aromatic rings. The Morgan fingerprint density at radius 1 is 1.20 bits per heavy atom. The normalized spacial score (nSPS) is 20.0. The minimum atomic E-state index is -0.418. The van der Waals surface area contributed by atoms with Gasteiger partial charge in [0.2, 0.25) is 11.8 Å². The summed E-state index contributed by atoms with van der Waals surface area (Å²) in [5.41, 5.74) is 2.79. The first-order valence-corrected chi connectivity index (χ1v) is 10.8. The SMILES string of the molecule is CCCC(C)NC(=O)C1CCC(=O)N(c2ccc(C)cc2)C1c1ccccc1OC. The number of carbonyl (C=O) groups excluding carboxylic acids is 2. The number of carbonyl (C=O) groups is 2. The number of hydrogen-bond donors (Lipinski definition) is 1. The van der Waals surface area contributed by atoms with Crippen molar-refractivity contribution in [1.29, 1.82) is 0 Å². The van der Waals surface area contributed by atoms with Gasteiger partial charge in [-0.1, -0.05) is 49.2 Å². The van der Waals surface area contributed by atoms with E-state index >= 15 is 0 Å². The van der Waals surface area contributed by atoms with E-state index in [0.29, 0.717) is 18.6 Å². The highest BCUT2D eigenvalue weighted by atomic mass is 16.5. The molecule has 160 valence electrons. The average molecular weight is 409 g/mol. The van der Waals surface area contributed by atoms with E-state index in [0.717, 1.165) is 29.7 Å². The third kappa shape index (κ3) is 4.66. The molecule has 0 bridgehead atoms. The van der Waals surface area contributed by atoms with Gasteiger partial charge in [-0.15, -0.1) is 0 Å². The smallest absolute Gasteiger partial charge is 0.227 e. The number of para-hydroxylation sites is 1. The van der Waals surface area contributed by atoms with Crippen LogP contribution in [0.1, 0.15) is 56.7 Å². The zero-order valence-corrected chi connectivity index (χ0v) is 18.4. The number of ether oxygens (including phenoxy) is 1. The average Bonchev–Trinajstić information content (AvgIpc) is 2.74. The molecule has 0 saturated carbocycles. The van der Waals surface area contributed by atoms with Gasteiger partial charge in [-0.05, 0) is 44.9 Å². The lowest BCUT2D eigenvalue weighted by molar-refractivity contribution is -0.129. The molecule has 3 rings (SSSR count). The van der Waals surface area contributed by atoms with E-state index in [1.165, 1.54) is 0 Å². The second kappa shape index (κ2) is 9.79. The van der Waals surface area contributed by atoms with Crippen LogP contribution in [0.4, 0.5) is 5.69 Å². The van der Waals surface area contributed by atoms with Crippen molar-refractivity contribution in [3.63, 3.8) is 0 Å². The van der Waals surface area contributed by atoms with Crippen molar-refractivity contribution in [2.45, 2.75) is 58.5 Å². The lowest BCUT2D eigenvalue weighted by Crippen LogP contribution is -2.49. The molecule has 1 aliphatic rings. The molecule has 30 heavy (non-hydrogen) atoms. The first kappa shape index (κ1) is 21.9. The molecule has 3 atom stereocenters. The number of rotatable bonds is 7. The molecule has 5 nitrogen and oxygen atoms in total. The van der Waals surface area contributed by atoms with E-state index in [2.05, 4.69) is 12.2 Å². The van der Waals surface area contributed by atoms with Crippen molar-refractivity contribution in [2.75, 3.05) is 12.0 Å². The zero-order valence-electron chi connectivity index (χ0n) is 18.4. The largest absolute Gasteiger partial charge is 0.496 e. The fourth-order valence-electron chi connectivity index (χ4n) is 4.30. The lowest BCUT2D eigenvalue weighted by Gasteiger charge is -2.41. The van der Waals surface area contributed by atoms with E-state index in [9.17, 15) is 9.59 Å². The molecular formula is C25H32N2O3. The van der Waals surface area contributed by atoms with Crippen LogP contribution in [0.3, 0.4) is 0 Å². The molecule has 1 fully saturated rings. The summed E-state index contributed by atoms with van der Waals surface area (Å²) < 4.78 is 5.62. The van der Waals surface area contributed by atoms with Crippen molar-refractivity contribution in [3.8, 4) is 5.75 Å². The molecule has 0 aliphatic carbocycles. The Labute approximate surface area is 179 Å². The van der Waals surface area contributed by atoms with Gasteiger partial charge in [0.25, 0.3) is 0 Å². The summed E-state index contributed by atoms with van der Waals surface area (Å²) in [6.45, 7) is 6.16. The van der Waals surface area contributed by atoms with E-state index in [-0.39, 0.29) is 23.8 Å². The lowest BCUT2D eigenvalue weighted by atomic mass is 9.82. The number of nitrogens with zero attached hydrogens (tertiary/aromatic N) is 1. The third-order valence-electron chi connectivity index (χ3n) is 5.81. The molecule has 0 radical (unpaired) electrons. The van der Waals surface area contributed by atoms with Gasteiger partial charge in [0, 0.05) is 23.7 Å². The van der Waals surface area contributed by atoms with Crippen molar-refractivity contribution in [2.24, 2.45) is 5.92 Å². The van der Waals surface area contributed by atoms with E-state index in [4.69, 9.17) is 4.74 Å². The Morgan fingerprint density at radius 3 is 2.57 bits per heavy atom. The Balaban J connectivity index is 2.06. The van der Waals surface area contributed by atoms with E-state index in [1.807, 2.05) is 62.4 Å². The molecule has 2 aromatic carbocycles. The summed E-state index contributed by atoms with van der Waals surface area (Å²) in [7, 11) is 1.62. The number of piperidine rings is 1. The summed E-state index contributed by atoms with van der Waals surface area (Å²) in [6, 6.07) is 15.3. The predicted molar refractivity (Wildman–Crippen MR) is 120 cm³/mol. The Hall–Kier alpha value is -2.82. The van der Waals surface area contributed by atoms with Crippen LogP contribution < -0.4 is 15.0 Å². The molecule has 1 N–H and O–H groups in total. The van der Waals surface area contributed by atoms with Crippen LogP contribution in [-0.2, 0) is 9.59 Å². The van der Waals surface area contributed by atoms with E-state index < -0.39 is 6.04 Å². The van der Waals surface area contributed by atoms with Crippen LogP contribution in [0.2, 0.25) is 0 Å². The highest BCUT2D eigenvalue weighted by Gasteiger charge is 2.42. The summed E-state index contributed by atoms with van der Waals surface area (Å²) in [6.07, 6.45) is 2.81. The summed E-state index contributed by atoms with van der Waals surface area (Å²) in [5.74, 6) is 0.366. The van der Waals surface area contributed by atoms with Crippen molar-refractivity contribution in [1.82, 2.24) is 5.32 Å². The van der Waals surface area contributed by atoms with Gasteiger partial charge >= 0.3 is 0 Å². The van der Waals surface area contributed by atoms with Gasteiger partial charge in [0.1, 0.15) is 5.75 Å². The Bertz CT molecular complexity index is 878. The first-order chi connectivity index (χ1) is 14.5. The predicted octanol–water partition coefficient (Wildman–Crippen LogP) is 4.79. The molecular weight excluding hydrogens is 376 g/mol. The number of methoxy groups -OCH3 is 1. The summed E-state index contributed by atoms with van der Waals surface area (Å²) >= 11 is 0. The maximum absolute atomic E-state index is 13.3. The fraction of sp³-hybridized carbons (Fsp3) is 0.440. The van der Waals surface area contributed by atoms with Crippen LogP contribution in [0.15, 0.2) is 48.5 Å². The molecule has 0 spiro atoms. The van der Waals surface area contributed by atoms with Gasteiger partial charge in [0.15, 0.2) is 0 Å². The maximum Gasteiger partial charge on any atom is 0.227 e. The monoisotopic (exact) mass is 408 g/mol. The second-order valence-corrected chi connectivity index (χ2v) is 8.13. The maximum atomic E-state index is 13.3. The van der Waals surface area contributed by atoms with Crippen molar-refractivity contribution in [3.05, 3.63) is 59.7 Å². The highest BCUT2D eigenvalue weighted by molar-refractivity contribution is 5.97. The van der Waals surface area contributed by atoms with Gasteiger partial charge in [-0.2, -0.15) is 0 Å². The number of benzene rings is 2. The van der Waals surface area contributed by atoms with Crippen LogP contribution in [0, 0.1) is 12.8 Å². The topological polar surface area (TPSA) is 58.6 Å². The molecule has 2 amide bonds. The number of hydrogen-bond acceptors (Lipinski definition) is 3. The second-order valence-electron chi connectivity index (χ2n) is 8.13. The minimum absolute atomic E-state index is 0.00327. The Kier molecular flexibility index (Phi) is 7.14. The number of amides is 2. The third-order valence-corrected chi connectivity index (χ3v) is 5.81. The number of nitrogens with one attached hydrogen (secondary N) is 1. The van der Waals surface area contributed by atoms with Gasteiger partial charge < -0.3 is 15.0 Å². The van der Waals surface area contributed by atoms with Crippen molar-refractivity contribution < 1.29 is 14.3 Å². The van der Waals surface area contributed by atoms with Crippen LogP contribution in [0.25, 0.3) is 0 Å². The first-order valence-electron chi connectivity index (χ1n) is 10.8. The number of aryl methyl sites for hydroxylation is 1. The van der Waals surface area contributed by atoms with Gasteiger partial charge in [-0.25, -0.2) is 0 Å². The standard InChI is InChI=1S/C25H32N2O3/c1-5-8-18(3)26-25(29)21-15-16-23(28)27(19-13-11-17(2)12-14-19)24(21)20-9-6-7-10-22(20)30-4/h6-7,9-14,18,21,24H,5,8,15-16H2,1-4H3,(H,26,29). The van der Waals surface area contributed by atoms with Crippen LogP contribution >= 0.6 is 0 Å². The molecule has 5 heteroatoms.